The van der Waals surface area contributed by atoms with Crippen LogP contribution in [-0.2, 0) is 4.79 Å². The van der Waals surface area contributed by atoms with Gasteiger partial charge in [-0.05, 0) is 31.0 Å². The summed E-state index contributed by atoms with van der Waals surface area (Å²) in [7, 11) is 3.44. The van der Waals surface area contributed by atoms with E-state index in [0.29, 0.717) is 23.8 Å². The Balaban J connectivity index is 1.97. The van der Waals surface area contributed by atoms with Crippen LogP contribution in [0.25, 0.3) is 0 Å². The molecule has 0 radical (unpaired) electrons. The summed E-state index contributed by atoms with van der Waals surface area (Å²) in [6, 6.07) is 7.02. The summed E-state index contributed by atoms with van der Waals surface area (Å²) < 4.78 is 0. The first kappa shape index (κ1) is 15.6. The van der Waals surface area contributed by atoms with E-state index < -0.39 is 0 Å². The largest absolute Gasteiger partial charge is 0.331 e. The smallest absolute Gasteiger partial charge is 0.319 e. The Morgan fingerprint density at radius 3 is 2.81 bits per heavy atom. The van der Waals surface area contributed by atoms with Crippen LogP contribution in [0.1, 0.15) is 12.8 Å². The van der Waals surface area contributed by atoms with Crippen molar-refractivity contribution in [2.75, 3.05) is 32.5 Å². The fraction of sp³-hybridized carbons (Fsp3) is 0.467. The molecule has 2 rings (SSSR count). The number of nitrogens with zero attached hydrogens (tertiary/aromatic N) is 2. The number of rotatable bonds is 2. The van der Waals surface area contributed by atoms with Crippen molar-refractivity contribution in [2.24, 2.45) is 5.92 Å². The number of carbonyl (C=O) groups excluding carboxylic acids is 2. The van der Waals surface area contributed by atoms with Gasteiger partial charge in [0.25, 0.3) is 0 Å². The van der Waals surface area contributed by atoms with E-state index in [4.69, 9.17) is 11.6 Å². The summed E-state index contributed by atoms with van der Waals surface area (Å²) in [5, 5.41) is 3.45. The number of hydrogen-bond acceptors (Lipinski definition) is 2. The Hall–Kier alpha value is -1.75. The Kier molecular flexibility index (Phi) is 5.07. The molecular weight excluding hydrogens is 290 g/mol. The SMILES string of the molecule is CN(C)C(=O)N1CCC[C@@H](C(=O)Nc2cccc(Cl)c2)C1. The van der Waals surface area contributed by atoms with Gasteiger partial charge < -0.3 is 15.1 Å². The highest BCUT2D eigenvalue weighted by Gasteiger charge is 2.29. The number of halogens is 1. The summed E-state index contributed by atoms with van der Waals surface area (Å²) in [5.41, 5.74) is 0.684. The summed E-state index contributed by atoms with van der Waals surface area (Å²) in [4.78, 5) is 27.5. The van der Waals surface area contributed by atoms with E-state index in [2.05, 4.69) is 5.32 Å². The van der Waals surface area contributed by atoms with E-state index in [0.717, 1.165) is 12.8 Å². The minimum Gasteiger partial charge on any atom is -0.331 e. The van der Waals surface area contributed by atoms with Gasteiger partial charge in [-0.1, -0.05) is 17.7 Å². The lowest BCUT2D eigenvalue weighted by Crippen LogP contribution is -2.47. The second-order valence-electron chi connectivity index (χ2n) is 5.46. The van der Waals surface area contributed by atoms with Crippen molar-refractivity contribution in [1.29, 1.82) is 0 Å². The van der Waals surface area contributed by atoms with E-state index >= 15 is 0 Å². The number of carbonyl (C=O) groups is 2. The van der Waals surface area contributed by atoms with Gasteiger partial charge in [-0.2, -0.15) is 0 Å². The van der Waals surface area contributed by atoms with Crippen molar-refractivity contribution >= 4 is 29.2 Å². The molecule has 1 aliphatic rings. The average molecular weight is 310 g/mol. The van der Waals surface area contributed by atoms with E-state index in [1.807, 2.05) is 0 Å². The number of benzene rings is 1. The molecular formula is C15H20ClN3O2. The number of anilines is 1. The molecule has 0 bridgehead atoms. The molecule has 1 fully saturated rings. The second kappa shape index (κ2) is 6.80. The summed E-state index contributed by atoms with van der Waals surface area (Å²) in [6.45, 7) is 1.17. The fourth-order valence-electron chi connectivity index (χ4n) is 2.46. The highest BCUT2D eigenvalue weighted by molar-refractivity contribution is 6.30. The van der Waals surface area contributed by atoms with Crippen molar-refractivity contribution in [3.63, 3.8) is 0 Å². The standard InChI is InChI=1S/C15H20ClN3O2/c1-18(2)15(21)19-8-4-5-11(10-19)14(20)17-13-7-3-6-12(16)9-13/h3,6-7,9,11H,4-5,8,10H2,1-2H3,(H,17,20)/t11-/m1/s1. The lowest BCUT2D eigenvalue weighted by atomic mass is 9.97. The van der Waals surface area contributed by atoms with Crippen LogP contribution in [0.4, 0.5) is 10.5 Å². The van der Waals surface area contributed by atoms with Crippen molar-refractivity contribution in [1.82, 2.24) is 9.80 Å². The molecule has 21 heavy (non-hydrogen) atoms. The van der Waals surface area contributed by atoms with Crippen LogP contribution in [0.2, 0.25) is 5.02 Å². The summed E-state index contributed by atoms with van der Waals surface area (Å²) >= 11 is 5.90. The quantitative estimate of drug-likeness (QED) is 0.913. The Morgan fingerprint density at radius 2 is 2.14 bits per heavy atom. The Bertz CT molecular complexity index is 533. The second-order valence-corrected chi connectivity index (χ2v) is 5.90. The number of nitrogens with one attached hydrogen (secondary N) is 1. The molecule has 0 unspecified atom stereocenters. The molecule has 114 valence electrons. The van der Waals surface area contributed by atoms with Crippen LogP contribution in [0.15, 0.2) is 24.3 Å². The van der Waals surface area contributed by atoms with Crippen molar-refractivity contribution in [2.45, 2.75) is 12.8 Å². The first-order chi connectivity index (χ1) is 9.97. The first-order valence-electron chi connectivity index (χ1n) is 7.00. The van der Waals surface area contributed by atoms with Crippen LogP contribution in [0, 0.1) is 5.92 Å². The molecule has 6 heteroatoms. The Labute approximate surface area is 129 Å². The first-order valence-corrected chi connectivity index (χ1v) is 7.38. The Morgan fingerprint density at radius 1 is 1.38 bits per heavy atom. The number of likely N-dealkylation sites (tertiary alicyclic amines) is 1. The van der Waals surface area contributed by atoms with E-state index in [1.54, 1.807) is 43.3 Å². The zero-order valence-electron chi connectivity index (χ0n) is 12.3. The van der Waals surface area contributed by atoms with Gasteiger partial charge in [-0.3, -0.25) is 4.79 Å². The van der Waals surface area contributed by atoms with Crippen LogP contribution in [0.5, 0.6) is 0 Å². The third kappa shape index (κ3) is 4.11. The zero-order chi connectivity index (χ0) is 15.4. The van der Waals surface area contributed by atoms with Crippen molar-refractivity contribution in [3.8, 4) is 0 Å². The van der Waals surface area contributed by atoms with E-state index in [9.17, 15) is 9.59 Å². The van der Waals surface area contributed by atoms with Gasteiger partial charge in [0.1, 0.15) is 0 Å². The number of urea groups is 1. The monoisotopic (exact) mass is 309 g/mol. The van der Waals surface area contributed by atoms with Crippen molar-refractivity contribution in [3.05, 3.63) is 29.3 Å². The van der Waals surface area contributed by atoms with E-state index in [-0.39, 0.29) is 17.9 Å². The summed E-state index contributed by atoms with van der Waals surface area (Å²) in [5.74, 6) is -0.241. The average Bonchev–Trinajstić information content (AvgIpc) is 2.46. The number of amides is 3. The van der Waals surface area contributed by atoms with Gasteiger partial charge in [0, 0.05) is 37.9 Å². The number of hydrogen-bond donors (Lipinski definition) is 1. The van der Waals surface area contributed by atoms with Gasteiger partial charge in [-0.15, -0.1) is 0 Å². The lowest BCUT2D eigenvalue weighted by Gasteiger charge is -2.33. The van der Waals surface area contributed by atoms with Crippen LogP contribution in [-0.4, -0.2) is 48.9 Å². The topological polar surface area (TPSA) is 52.7 Å². The molecule has 1 aromatic rings. The highest BCUT2D eigenvalue weighted by atomic mass is 35.5. The highest BCUT2D eigenvalue weighted by Crippen LogP contribution is 2.21. The molecule has 0 aromatic heterocycles. The zero-order valence-corrected chi connectivity index (χ0v) is 13.1. The third-order valence-electron chi connectivity index (χ3n) is 3.54. The fourth-order valence-corrected chi connectivity index (χ4v) is 2.65. The maximum Gasteiger partial charge on any atom is 0.319 e. The third-order valence-corrected chi connectivity index (χ3v) is 3.77. The maximum atomic E-state index is 12.3. The minimum absolute atomic E-state index is 0.0461. The molecule has 1 heterocycles. The van der Waals surface area contributed by atoms with E-state index in [1.165, 1.54) is 4.90 Å². The van der Waals surface area contributed by atoms with Crippen LogP contribution >= 0.6 is 11.6 Å². The molecule has 0 aliphatic carbocycles. The van der Waals surface area contributed by atoms with Crippen molar-refractivity contribution < 1.29 is 9.59 Å². The van der Waals surface area contributed by atoms with Gasteiger partial charge in [0.15, 0.2) is 0 Å². The molecule has 0 saturated carbocycles. The molecule has 1 atom stereocenters. The van der Waals surface area contributed by atoms with Gasteiger partial charge in [0.2, 0.25) is 5.91 Å². The molecule has 1 aliphatic heterocycles. The predicted molar refractivity (Wildman–Crippen MR) is 83.5 cm³/mol. The molecule has 5 nitrogen and oxygen atoms in total. The van der Waals surface area contributed by atoms with Gasteiger partial charge >= 0.3 is 6.03 Å². The maximum absolute atomic E-state index is 12.3. The summed E-state index contributed by atoms with van der Waals surface area (Å²) in [6.07, 6.45) is 1.64. The molecule has 0 spiro atoms. The predicted octanol–water partition coefficient (Wildman–Crippen LogP) is 2.67. The molecule has 1 aromatic carbocycles. The molecule has 1 N–H and O–H groups in total. The van der Waals surface area contributed by atoms with Crippen LogP contribution in [0.3, 0.4) is 0 Å². The lowest BCUT2D eigenvalue weighted by molar-refractivity contribution is -0.121. The number of piperidine rings is 1. The molecule has 3 amide bonds. The van der Waals surface area contributed by atoms with Crippen LogP contribution < -0.4 is 5.32 Å². The normalized spacial score (nSPS) is 18.2. The van der Waals surface area contributed by atoms with Gasteiger partial charge in [0.05, 0.1) is 5.92 Å². The van der Waals surface area contributed by atoms with Gasteiger partial charge in [-0.25, -0.2) is 4.79 Å². The molecule has 1 saturated heterocycles. The minimum atomic E-state index is -0.179.